The highest BCUT2D eigenvalue weighted by Crippen LogP contribution is 2.44. The first-order chi connectivity index (χ1) is 15.4. The maximum atomic E-state index is 13.4. The minimum Gasteiger partial charge on any atom is -0.394 e. The lowest BCUT2D eigenvalue weighted by Crippen LogP contribution is -2.43. The average Bonchev–Trinajstić information content (AvgIpc) is 3.20. The molecular weight excluding hydrogens is 490 g/mol. The normalized spacial score (nSPS) is 22.7. The van der Waals surface area contributed by atoms with Crippen molar-refractivity contribution in [2.75, 3.05) is 13.2 Å². The van der Waals surface area contributed by atoms with Crippen molar-refractivity contribution >= 4 is 9.84 Å². The van der Waals surface area contributed by atoms with E-state index in [4.69, 9.17) is 4.74 Å². The second kappa shape index (κ2) is 8.52. The zero-order valence-electron chi connectivity index (χ0n) is 18.5. The van der Waals surface area contributed by atoms with E-state index >= 15 is 0 Å². The predicted octanol–water partition coefficient (Wildman–Crippen LogP) is 4.73. The van der Waals surface area contributed by atoms with Crippen LogP contribution in [0, 0.1) is 0 Å². The molecule has 2 atom stereocenters. The molecule has 1 fully saturated rings. The van der Waals surface area contributed by atoms with Crippen molar-refractivity contribution in [3.63, 3.8) is 0 Å². The van der Waals surface area contributed by atoms with Gasteiger partial charge in [0, 0.05) is 6.61 Å². The first-order valence-electron chi connectivity index (χ1n) is 10.2. The number of rotatable bonds is 5. The Morgan fingerprint density at radius 2 is 1.79 bits per heavy atom. The number of aliphatic hydroxyl groups is 1. The van der Waals surface area contributed by atoms with E-state index in [1.165, 1.54) is 20.8 Å². The maximum Gasteiger partial charge on any atom is 0.435 e. The van der Waals surface area contributed by atoms with Gasteiger partial charge in [0.05, 0.1) is 33.0 Å². The SMILES string of the molecule is CC(C)(CO)n1nc(C(F)(F)F)cc1C1CC(C)(S(=O)(=O)c2cccc(C(F)(F)F)c2)CCO1. The molecule has 190 valence electrons. The maximum absolute atomic E-state index is 13.4. The first kappa shape index (κ1) is 26.5. The van der Waals surface area contributed by atoms with Crippen LogP contribution in [0.4, 0.5) is 26.3 Å². The number of halogens is 6. The number of ether oxygens (including phenoxy) is 1. The molecule has 1 aromatic carbocycles. The summed E-state index contributed by atoms with van der Waals surface area (Å²) in [6, 6.07) is 4.09. The summed E-state index contributed by atoms with van der Waals surface area (Å²) < 4.78 is 111. The minimum absolute atomic E-state index is 0.0776. The summed E-state index contributed by atoms with van der Waals surface area (Å²) >= 11 is 0. The molecule has 3 rings (SSSR count). The van der Waals surface area contributed by atoms with Gasteiger partial charge in [-0.3, -0.25) is 4.68 Å². The third-order valence-corrected chi connectivity index (χ3v) is 8.55. The lowest BCUT2D eigenvalue weighted by atomic mass is 9.94. The van der Waals surface area contributed by atoms with E-state index in [1.54, 1.807) is 0 Å². The van der Waals surface area contributed by atoms with E-state index in [-0.39, 0.29) is 25.1 Å². The van der Waals surface area contributed by atoms with Gasteiger partial charge >= 0.3 is 12.4 Å². The van der Waals surface area contributed by atoms with Crippen LogP contribution < -0.4 is 0 Å². The van der Waals surface area contributed by atoms with Crippen LogP contribution in [0.25, 0.3) is 0 Å². The van der Waals surface area contributed by atoms with Crippen LogP contribution in [0.2, 0.25) is 0 Å². The molecule has 2 unspecified atom stereocenters. The Morgan fingerprint density at radius 1 is 1.15 bits per heavy atom. The van der Waals surface area contributed by atoms with Crippen molar-refractivity contribution < 1.29 is 44.6 Å². The molecule has 6 nitrogen and oxygen atoms in total. The second-order valence-corrected chi connectivity index (χ2v) is 11.6. The molecule has 2 heterocycles. The Kier molecular flexibility index (Phi) is 6.64. The van der Waals surface area contributed by atoms with E-state index in [0.29, 0.717) is 6.07 Å². The molecule has 13 heteroatoms. The molecule has 1 aliphatic heterocycles. The van der Waals surface area contributed by atoms with Gasteiger partial charge in [-0.2, -0.15) is 31.4 Å². The van der Waals surface area contributed by atoms with Crippen LogP contribution in [0.5, 0.6) is 0 Å². The average molecular weight is 514 g/mol. The lowest BCUT2D eigenvalue weighted by molar-refractivity contribution is -0.141. The molecule has 2 aromatic rings. The predicted molar refractivity (Wildman–Crippen MR) is 109 cm³/mol. The summed E-state index contributed by atoms with van der Waals surface area (Å²) in [5.41, 5.74) is -3.72. The Labute approximate surface area is 192 Å². The number of sulfone groups is 1. The molecular formula is C21H24F6N2O4S. The highest BCUT2D eigenvalue weighted by molar-refractivity contribution is 7.92. The molecule has 34 heavy (non-hydrogen) atoms. The number of aromatic nitrogens is 2. The summed E-state index contributed by atoms with van der Waals surface area (Å²) in [5, 5.41) is 13.3. The Bertz CT molecular complexity index is 1160. The van der Waals surface area contributed by atoms with Gasteiger partial charge in [-0.15, -0.1) is 0 Å². The summed E-state index contributed by atoms with van der Waals surface area (Å²) in [4.78, 5) is -0.536. The Balaban J connectivity index is 2.05. The smallest absolute Gasteiger partial charge is 0.394 e. The van der Waals surface area contributed by atoms with Gasteiger partial charge in [0.1, 0.15) is 6.10 Å². The summed E-state index contributed by atoms with van der Waals surface area (Å²) in [5.74, 6) is 0. The number of benzene rings is 1. The van der Waals surface area contributed by atoms with Crippen LogP contribution in [-0.2, 0) is 32.5 Å². The van der Waals surface area contributed by atoms with Crippen molar-refractivity contribution in [1.82, 2.24) is 9.78 Å². The molecule has 0 bridgehead atoms. The number of hydrogen-bond donors (Lipinski definition) is 1. The summed E-state index contributed by atoms with van der Waals surface area (Å²) in [6.45, 7) is 3.51. The fourth-order valence-corrected chi connectivity index (χ4v) is 5.68. The molecule has 1 saturated heterocycles. The van der Waals surface area contributed by atoms with Crippen molar-refractivity contribution in [2.45, 2.75) is 67.3 Å². The fraction of sp³-hybridized carbons (Fsp3) is 0.571. The highest BCUT2D eigenvalue weighted by Gasteiger charge is 2.48. The van der Waals surface area contributed by atoms with Crippen LogP contribution in [-0.4, -0.2) is 41.3 Å². The van der Waals surface area contributed by atoms with Gasteiger partial charge in [0.2, 0.25) is 0 Å². The fourth-order valence-electron chi connectivity index (χ4n) is 3.84. The quantitative estimate of drug-likeness (QED) is 0.584. The molecule has 0 radical (unpaired) electrons. The Hall–Kier alpha value is -2.12. The van der Waals surface area contributed by atoms with E-state index in [2.05, 4.69) is 5.10 Å². The van der Waals surface area contributed by atoms with Gasteiger partial charge in [-0.25, -0.2) is 8.42 Å². The molecule has 0 saturated carbocycles. The van der Waals surface area contributed by atoms with Gasteiger partial charge in [-0.1, -0.05) is 6.07 Å². The highest BCUT2D eigenvalue weighted by atomic mass is 32.2. The third-order valence-electron chi connectivity index (χ3n) is 6.01. The Morgan fingerprint density at radius 3 is 2.35 bits per heavy atom. The number of aliphatic hydroxyl groups excluding tert-OH is 1. The molecule has 1 aliphatic rings. The molecule has 1 N–H and O–H groups in total. The minimum atomic E-state index is -4.80. The molecule has 1 aromatic heterocycles. The van der Waals surface area contributed by atoms with Gasteiger partial charge < -0.3 is 9.84 Å². The van der Waals surface area contributed by atoms with Crippen molar-refractivity contribution in [3.8, 4) is 0 Å². The largest absolute Gasteiger partial charge is 0.435 e. The molecule has 0 spiro atoms. The van der Waals surface area contributed by atoms with Gasteiger partial charge in [0.25, 0.3) is 0 Å². The lowest BCUT2D eigenvalue weighted by Gasteiger charge is -2.38. The summed E-state index contributed by atoms with van der Waals surface area (Å²) in [6.07, 6.45) is -11.1. The van der Waals surface area contributed by atoms with Crippen molar-refractivity contribution in [3.05, 3.63) is 47.3 Å². The monoisotopic (exact) mass is 514 g/mol. The topological polar surface area (TPSA) is 81.4 Å². The van der Waals surface area contributed by atoms with Crippen LogP contribution in [0.1, 0.15) is 56.7 Å². The van der Waals surface area contributed by atoms with Crippen LogP contribution in [0.3, 0.4) is 0 Å². The van der Waals surface area contributed by atoms with E-state index in [9.17, 15) is 39.9 Å². The number of hydrogen-bond acceptors (Lipinski definition) is 5. The first-order valence-corrected chi connectivity index (χ1v) is 11.7. The van der Waals surface area contributed by atoms with Crippen LogP contribution >= 0.6 is 0 Å². The van der Waals surface area contributed by atoms with E-state index < -0.39 is 61.3 Å². The van der Waals surface area contributed by atoms with Crippen molar-refractivity contribution in [1.29, 1.82) is 0 Å². The zero-order chi connectivity index (χ0) is 25.7. The zero-order valence-corrected chi connectivity index (χ0v) is 19.4. The van der Waals surface area contributed by atoms with E-state index in [0.717, 1.165) is 28.9 Å². The van der Waals surface area contributed by atoms with Crippen LogP contribution in [0.15, 0.2) is 35.2 Å². The number of alkyl halides is 6. The van der Waals surface area contributed by atoms with Crippen molar-refractivity contribution in [2.24, 2.45) is 0 Å². The third kappa shape index (κ3) is 4.82. The number of nitrogens with zero attached hydrogens (tertiary/aromatic N) is 2. The van der Waals surface area contributed by atoms with E-state index in [1.807, 2.05) is 0 Å². The molecule has 0 aliphatic carbocycles. The standard InChI is InChI=1S/C21H24F6N2O4S/c1-18(2,12-30)29-15(10-17(28-29)21(25,26)27)16-11-19(3,7-8-33-16)34(31,32)14-6-4-5-13(9-14)20(22,23)24/h4-6,9-10,16,30H,7-8,11-12H2,1-3H3. The summed E-state index contributed by atoms with van der Waals surface area (Å²) in [7, 11) is -4.34. The second-order valence-electron chi connectivity index (χ2n) is 9.13. The molecule has 0 amide bonds. The van der Waals surface area contributed by atoms with Gasteiger partial charge in [0.15, 0.2) is 15.5 Å². The van der Waals surface area contributed by atoms with Gasteiger partial charge in [-0.05, 0) is 57.9 Å².